The number of carboxylic acid groups (broad SMARTS) is 1. The maximum atomic E-state index is 10.9. The highest BCUT2D eigenvalue weighted by atomic mass is 16.4. The van der Waals surface area contributed by atoms with Gasteiger partial charge in [-0.2, -0.15) is 0 Å². The molecule has 0 spiro atoms. The van der Waals surface area contributed by atoms with Crippen LogP contribution in [0.5, 0.6) is 5.75 Å². The topological polar surface area (TPSA) is 101 Å². The van der Waals surface area contributed by atoms with Crippen LogP contribution in [0.2, 0.25) is 0 Å². The number of nitrogens with zero attached hydrogens (tertiary/aromatic N) is 1. The lowest BCUT2D eigenvalue weighted by Crippen LogP contribution is -2.38. The van der Waals surface area contributed by atoms with Crippen LogP contribution in [0.3, 0.4) is 0 Å². The number of fused-ring (bicyclic) bond motifs is 1. The fraction of sp³-hybridized carbons (Fsp3) is 0.533. The number of hydrogen-bond acceptors (Lipinski definition) is 5. The Bertz CT molecular complexity index is 543. The van der Waals surface area contributed by atoms with Crippen LogP contribution < -0.4 is 4.90 Å². The van der Waals surface area contributed by atoms with Gasteiger partial charge in [-0.15, -0.1) is 0 Å². The summed E-state index contributed by atoms with van der Waals surface area (Å²) < 4.78 is 0. The summed E-state index contributed by atoms with van der Waals surface area (Å²) in [4.78, 5) is 12.4. The zero-order valence-electron chi connectivity index (χ0n) is 11.5. The first-order valence-corrected chi connectivity index (χ1v) is 7.21. The van der Waals surface area contributed by atoms with Gasteiger partial charge in [-0.05, 0) is 25.0 Å². The van der Waals surface area contributed by atoms with Gasteiger partial charge in [0.05, 0.1) is 0 Å². The monoisotopic (exact) mass is 293 g/mol. The van der Waals surface area contributed by atoms with Crippen molar-refractivity contribution in [3.05, 3.63) is 23.8 Å². The molecule has 2 fully saturated rings. The Hall–Kier alpha value is -1.79. The van der Waals surface area contributed by atoms with Crippen molar-refractivity contribution < 1.29 is 25.2 Å². The second-order valence-corrected chi connectivity index (χ2v) is 5.85. The van der Waals surface area contributed by atoms with E-state index in [4.69, 9.17) is 5.11 Å². The molecular weight excluding hydrogens is 274 g/mol. The SMILES string of the molecule is O=C(O)c1ccc(N2C(O)C3CCCCC3C2O)cc1O. The predicted octanol–water partition coefficient (Wildman–Crippen LogP) is 1.35. The highest BCUT2D eigenvalue weighted by Crippen LogP contribution is 2.45. The molecule has 1 aromatic rings. The molecule has 1 saturated heterocycles. The van der Waals surface area contributed by atoms with Crippen molar-refractivity contribution in [1.29, 1.82) is 0 Å². The van der Waals surface area contributed by atoms with E-state index in [-0.39, 0.29) is 23.1 Å². The molecule has 3 rings (SSSR count). The van der Waals surface area contributed by atoms with Gasteiger partial charge in [0.25, 0.3) is 0 Å². The Morgan fingerprint density at radius 3 is 2.14 bits per heavy atom. The molecule has 6 nitrogen and oxygen atoms in total. The Balaban J connectivity index is 1.93. The van der Waals surface area contributed by atoms with Crippen molar-refractivity contribution in [3.63, 3.8) is 0 Å². The number of anilines is 1. The molecular formula is C15H19NO5. The first-order valence-electron chi connectivity index (χ1n) is 7.21. The molecule has 1 saturated carbocycles. The van der Waals surface area contributed by atoms with Gasteiger partial charge in [-0.25, -0.2) is 4.79 Å². The average Bonchev–Trinajstić information content (AvgIpc) is 2.71. The van der Waals surface area contributed by atoms with E-state index in [1.807, 2.05) is 0 Å². The summed E-state index contributed by atoms with van der Waals surface area (Å²) >= 11 is 0. The van der Waals surface area contributed by atoms with Gasteiger partial charge in [0.1, 0.15) is 23.8 Å². The number of benzene rings is 1. The number of rotatable bonds is 2. The van der Waals surface area contributed by atoms with Crippen LogP contribution in [0.4, 0.5) is 5.69 Å². The molecule has 0 aromatic heterocycles. The lowest BCUT2D eigenvalue weighted by Gasteiger charge is -2.28. The van der Waals surface area contributed by atoms with Gasteiger partial charge in [0.15, 0.2) is 0 Å². The number of aliphatic hydroxyl groups excluding tert-OH is 2. The molecule has 4 unspecified atom stereocenters. The summed E-state index contributed by atoms with van der Waals surface area (Å²) in [6.07, 6.45) is 2.22. The third-order valence-corrected chi connectivity index (χ3v) is 4.72. The Kier molecular flexibility index (Phi) is 3.51. The molecule has 4 atom stereocenters. The van der Waals surface area contributed by atoms with Crippen LogP contribution in [-0.4, -0.2) is 38.9 Å². The minimum atomic E-state index is -1.21. The van der Waals surface area contributed by atoms with E-state index in [9.17, 15) is 20.1 Å². The van der Waals surface area contributed by atoms with Gasteiger partial charge in [-0.3, -0.25) is 0 Å². The minimum Gasteiger partial charge on any atom is -0.507 e. The van der Waals surface area contributed by atoms with Crippen molar-refractivity contribution in [1.82, 2.24) is 0 Å². The molecule has 114 valence electrons. The standard InChI is InChI=1S/C15H19NO5/c17-12-7-8(5-6-11(12)15(20)21)16-13(18)9-3-1-2-4-10(9)14(16)19/h5-7,9-10,13-14,17-19H,1-4H2,(H,20,21). The van der Waals surface area contributed by atoms with Crippen molar-refractivity contribution in [3.8, 4) is 5.75 Å². The Labute approximate surface area is 122 Å². The number of aliphatic hydroxyl groups is 2. The van der Waals surface area contributed by atoms with Gasteiger partial charge in [0.2, 0.25) is 0 Å². The lowest BCUT2D eigenvalue weighted by molar-refractivity contribution is 0.0694. The first kappa shape index (κ1) is 14.2. The third kappa shape index (κ3) is 2.24. The minimum absolute atomic E-state index is 0.0232. The molecule has 1 aromatic carbocycles. The average molecular weight is 293 g/mol. The van der Waals surface area contributed by atoms with Crippen LogP contribution in [-0.2, 0) is 0 Å². The second kappa shape index (κ2) is 5.20. The van der Waals surface area contributed by atoms with E-state index in [0.717, 1.165) is 25.7 Å². The molecule has 2 aliphatic rings. The fourth-order valence-electron chi connectivity index (χ4n) is 3.66. The normalized spacial score (nSPS) is 32.0. The molecule has 0 bridgehead atoms. The van der Waals surface area contributed by atoms with E-state index in [2.05, 4.69) is 0 Å². The van der Waals surface area contributed by atoms with E-state index >= 15 is 0 Å². The smallest absolute Gasteiger partial charge is 0.339 e. The van der Waals surface area contributed by atoms with E-state index in [0.29, 0.717) is 5.69 Å². The molecule has 6 heteroatoms. The summed E-state index contributed by atoms with van der Waals surface area (Å²) in [6.45, 7) is 0. The zero-order valence-corrected chi connectivity index (χ0v) is 11.5. The van der Waals surface area contributed by atoms with Crippen molar-refractivity contribution in [2.24, 2.45) is 11.8 Å². The Morgan fingerprint density at radius 1 is 1.10 bits per heavy atom. The van der Waals surface area contributed by atoms with E-state index in [1.54, 1.807) is 0 Å². The van der Waals surface area contributed by atoms with Crippen LogP contribution >= 0.6 is 0 Å². The summed E-state index contributed by atoms with van der Waals surface area (Å²) in [6, 6.07) is 4.08. The largest absolute Gasteiger partial charge is 0.507 e. The van der Waals surface area contributed by atoms with Crippen LogP contribution in [0.15, 0.2) is 18.2 Å². The van der Waals surface area contributed by atoms with Gasteiger partial charge in [-0.1, -0.05) is 12.8 Å². The molecule has 1 aliphatic heterocycles. The van der Waals surface area contributed by atoms with Crippen molar-refractivity contribution in [2.75, 3.05) is 4.90 Å². The molecule has 0 radical (unpaired) electrons. The van der Waals surface area contributed by atoms with Crippen LogP contribution in [0.25, 0.3) is 0 Å². The second-order valence-electron chi connectivity index (χ2n) is 5.85. The quantitative estimate of drug-likeness (QED) is 0.656. The number of carbonyl (C=O) groups is 1. The maximum absolute atomic E-state index is 10.9. The van der Waals surface area contributed by atoms with Crippen LogP contribution in [0, 0.1) is 11.8 Å². The molecule has 0 amide bonds. The molecule has 1 heterocycles. The number of hydrogen-bond donors (Lipinski definition) is 4. The maximum Gasteiger partial charge on any atom is 0.339 e. The number of phenols is 1. The van der Waals surface area contributed by atoms with Crippen molar-refractivity contribution >= 4 is 11.7 Å². The van der Waals surface area contributed by atoms with E-state index in [1.165, 1.54) is 23.1 Å². The van der Waals surface area contributed by atoms with Crippen molar-refractivity contribution in [2.45, 2.75) is 38.1 Å². The molecule has 4 N–H and O–H groups in total. The molecule has 21 heavy (non-hydrogen) atoms. The molecule has 1 aliphatic carbocycles. The van der Waals surface area contributed by atoms with Gasteiger partial charge < -0.3 is 25.3 Å². The highest BCUT2D eigenvalue weighted by Gasteiger charge is 2.48. The zero-order chi connectivity index (χ0) is 15.1. The van der Waals surface area contributed by atoms with Crippen LogP contribution in [0.1, 0.15) is 36.0 Å². The lowest BCUT2D eigenvalue weighted by atomic mass is 9.80. The number of aromatic hydroxyl groups is 1. The third-order valence-electron chi connectivity index (χ3n) is 4.72. The number of carboxylic acids is 1. The Morgan fingerprint density at radius 2 is 1.67 bits per heavy atom. The fourth-order valence-corrected chi connectivity index (χ4v) is 3.66. The summed E-state index contributed by atoms with van der Waals surface area (Å²) in [5.41, 5.74) is 0.242. The first-order chi connectivity index (χ1) is 10.0. The summed E-state index contributed by atoms with van der Waals surface area (Å²) in [5.74, 6) is -1.53. The summed E-state index contributed by atoms with van der Waals surface area (Å²) in [7, 11) is 0. The highest BCUT2D eigenvalue weighted by molar-refractivity contribution is 5.91. The summed E-state index contributed by atoms with van der Waals surface area (Å²) in [5, 5.41) is 39.6. The van der Waals surface area contributed by atoms with Gasteiger partial charge in [0, 0.05) is 23.6 Å². The number of aromatic carboxylic acids is 1. The van der Waals surface area contributed by atoms with Gasteiger partial charge >= 0.3 is 5.97 Å². The predicted molar refractivity (Wildman–Crippen MR) is 75.0 cm³/mol. The van der Waals surface area contributed by atoms with E-state index < -0.39 is 18.4 Å².